The summed E-state index contributed by atoms with van der Waals surface area (Å²) in [5, 5.41) is 3.32. The second kappa shape index (κ2) is 6.06. The molecule has 1 aliphatic heterocycles. The minimum atomic E-state index is 0.177. The van der Waals surface area contributed by atoms with Crippen LogP contribution in [0.15, 0.2) is 18.2 Å². The number of anilines is 1. The molecule has 2 fully saturated rings. The minimum absolute atomic E-state index is 0.177. The summed E-state index contributed by atoms with van der Waals surface area (Å²) in [6, 6.07) is 6.78. The monoisotopic (exact) mass is 287 g/mol. The molecule has 1 aliphatic carbocycles. The highest BCUT2D eigenvalue weighted by molar-refractivity contribution is 5.95. The van der Waals surface area contributed by atoms with Gasteiger partial charge in [-0.2, -0.15) is 0 Å². The van der Waals surface area contributed by atoms with Crippen molar-refractivity contribution in [2.75, 3.05) is 38.0 Å². The van der Waals surface area contributed by atoms with Crippen LogP contribution in [-0.2, 0) is 0 Å². The molecule has 1 saturated heterocycles. The molecule has 4 nitrogen and oxygen atoms in total. The maximum Gasteiger partial charge on any atom is 0.253 e. The maximum atomic E-state index is 12.6. The average Bonchev–Trinajstić information content (AvgIpc) is 3.34. The molecule has 0 spiro atoms. The van der Waals surface area contributed by atoms with E-state index in [2.05, 4.69) is 24.1 Å². The number of rotatable bonds is 4. The van der Waals surface area contributed by atoms with Gasteiger partial charge < -0.3 is 10.2 Å². The first kappa shape index (κ1) is 14.4. The van der Waals surface area contributed by atoms with E-state index in [0.717, 1.165) is 55.6 Å². The van der Waals surface area contributed by atoms with Gasteiger partial charge in [0.2, 0.25) is 0 Å². The molecule has 0 aromatic heterocycles. The molecular weight excluding hydrogens is 262 g/mol. The van der Waals surface area contributed by atoms with Crippen LogP contribution in [0, 0.1) is 6.92 Å². The van der Waals surface area contributed by atoms with Crippen LogP contribution in [0.5, 0.6) is 0 Å². The fraction of sp³-hybridized carbons (Fsp3) is 0.588. The molecule has 0 radical (unpaired) electrons. The van der Waals surface area contributed by atoms with Gasteiger partial charge in [-0.25, -0.2) is 0 Å². The predicted octanol–water partition coefficient (Wildman–Crippen LogP) is 2.35. The molecule has 1 aromatic rings. The SMILES string of the molecule is CCNc1ccc(C(=O)N2CCN(C3CC3)CC2)cc1C. The Morgan fingerprint density at radius 1 is 1.24 bits per heavy atom. The number of hydrogen-bond donors (Lipinski definition) is 1. The summed E-state index contributed by atoms with van der Waals surface area (Å²) in [5.41, 5.74) is 3.07. The highest BCUT2D eigenvalue weighted by atomic mass is 16.2. The Morgan fingerprint density at radius 3 is 2.52 bits per heavy atom. The molecule has 2 aliphatic rings. The fourth-order valence-electron chi connectivity index (χ4n) is 3.10. The van der Waals surface area contributed by atoms with Crippen molar-refractivity contribution in [3.63, 3.8) is 0 Å². The molecule has 21 heavy (non-hydrogen) atoms. The van der Waals surface area contributed by atoms with Gasteiger partial charge in [0.1, 0.15) is 0 Å². The molecule has 0 atom stereocenters. The van der Waals surface area contributed by atoms with Crippen molar-refractivity contribution < 1.29 is 4.79 Å². The third kappa shape index (κ3) is 3.21. The number of carbonyl (C=O) groups excluding carboxylic acids is 1. The van der Waals surface area contributed by atoms with Crippen LogP contribution >= 0.6 is 0 Å². The summed E-state index contributed by atoms with van der Waals surface area (Å²) >= 11 is 0. The van der Waals surface area contributed by atoms with Crippen LogP contribution in [0.3, 0.4) is 0 Å². The van der Waals surface area contributed by atoms with Crippen LogP contribution < -0.4 is 5.32 Å². The van der Waals surface area contributed by atoms with Crippen molar-refractivity contribution in [2.45, 2.75) is 32.7 Å². The lowest BCUT2D eigenvalue weighted by Crippen LogP contribution is -2.49. The normalized spacial score (nSPS) is 19.6. The Balaban J connectivity index is 1.63. The first-order chi connectivity index (χ1) is 10.2. The van der Waals surface area contributed by atoms with E-state index in [4.69, 9.17) is 0 Å². The number of piperazine rings is 1. The molecule has 1 aromatic carbocycles. The van der Waals surface area contributed by atoms with Crippen LogP contribution in [0.25, 0.3) is 0 Å². The summed E-state index contributed by atoms with van der Waals surface area (Å²) < 4.78 is 0. The van der Waals surface area contributed by atoms with Gasteiger partial charge in [0, 0.05) is 50.0 Å². The molecule has 114 valence electrons. The van der Waals surface area contributed by atoms with Crippen molar-refractivity contribution in [3.05, 3.63) is 29.3 Å². The van der Waals surface area contributed by atoms with Gasteiger partial charge >= 0.3 is 0 Å². The number of aryl methyl sites for hydroxylation is 1. The van der Waals surface area contributed by atoms with Gasteiger partial charge in [-0.1, -0.05) is 0 Å². The lowest BCUT2D eigenvalue weighted by Gasteiger charge is -2.35. The number of hydrogen-bond acceptors (Lipinski definition) is 3. The second-order valence-electron chi connectivity index (χ2n) is 6.12. The molecule has 1 saturated carbocycles. The zero-order valence-electron chi connectivity index (χ0n) is 13.1. The van der Waals surface area contributed by atoms with E-state index in [1.54, 1.807) is 0 Å². The summed E-state index contributed by atoms with van der Waals surface area (Å²) in [6.45, 7) is 8.83. The Hall–Kier alpha value is -1.55. The van der Waals surface area contributed by atoms with Gasteiger partial charge in [0.15, 0.2) is 0 Å². The molecule has 3 rings (SSSR count). The van der Waals surface area contributed by atoms with E-state index in [9.17, 15) is 4.79 Å². The fourth-order valence-corrected chi connectivity index (χ4v) is 3.10. The lowest BCUT2D eigenvalue weighted by molar-refractivity contribution is 0.0627. The summed E-state index contributed by atoms with van der Waals surface area (Å²) in [6.07, 6.45) is 2.69. The third-order valence-corrected chi connectivity index (χ3v) is 4.51. The van der Waals surface area contributed by atoms with Gasteiger partial charge in [0.05, 0.1) is 0 Å². The largest absolute Gasteiger partial charge is 0.385 e. The van der Waals surface area contributed by atoms with Crippen LogP contribution in [-0.4, -0.2) is 54.5 Å². The maximum absolute atomic E-state index is 12.6. The first-order valence-corrected chi connectivity index (χ1v) is 8.07. The van der Waals surface area contributed by atoms with Gasteiger partial charge in [-0.3, -0.25) is 9.69 Å². The number of amides is 1. The van der Waals surface area contributed by atoms with E-state index in [0.29, 0.717) is 0 Å². The topological polar surface area (TPSA) is 35.6 Å². The molecule has 0 bridgehead atoms. The average molecular weight is 287 g/mol. The zero-order chi connectivity index (χ0) is 14.8. The molecule has 1 amide bonds. The van der Waals surface area contributed by atoms with E-state index in [1.807, 2.05) is 23.1 Å². The Bertz CT molecular complexity index is 517. The molecule has 1 N–H and O–H groups in total. The highest BCUT2D eigenvalue weighted by Gasteiger charge is 2.32. The summed E-state index contributed by atoms with van der Waals surface area (Å²) in [5.74, 6) is 0.177. The third-order valence-electron chi connectivity index (χ3n) is 4.51. The number of benzene rings is 1. The van der Waals surface area contributed by atoms with Crippen molar-refractivity contribution in [3.8, 4) is 0 Å². The first-order valence-electron chi connectivity index (χ1n) is 8.07. The molecule has 1 heterocycles. The Labute approximate surface area is 127 Å². The Kier molecular flexibility index (Phi) is 4.15. The second-order valence-corrected chi connectivity index (χ2v) is 6.12. The van der Waals surface area contributed by atoms with Crippen molar-refractivity contribution in [2.24, 2.45) is 0 Å². The number of nitrogens with one attached hydrogen (secondary N) is 1. The summed E-state index contributed by atoms with van der Waals surface area (Å²) in [4.78, 5) is 17.1. The number of carbonyl (C=O) groups is 1. The smallest absolute Gasteiger partial charge is 0.253 e. The highest BCUT2D eigenvalue weighted by Crippen LogP contribution is 2.27. The van der Waals surface area contributed by atoms with Crippen molar-refractivity contribution in [1.82, 2.24) is 9.80 Å². The molecule has 4 heteroatoms. The zero-order valence-corrected chi connectivity index (χ0v) is 13.1. The van der Waals surface area contributed by atoms with Gasteiger partial charge in [0.25, 0.3) is 5.91 Å². The van der Waals surface area contributed by atoms with Gasteiger partial charge in [-0.05, 0) is 50.5 Å². The van der Waals surface area contributed by atoms with Crippen LogP contribution in [0.4, 0.5) is 5.69 Å². The number of nitrogens with zero attached hydrogens (tertiary/aromatic N) is 2. The summed E-state index contributed by atoms with van der Waals surface area (Å²) in [7, 11) is 0. The standard InChI is InChI=1S/C17H25N3O/c1-3-18-16-7-4-14(12-13(16)2)17(21)20-10-8-19(9-11-20)15-5-6-15/h4,7,12,15,18H,3,5-6,8-11H2,1-2H3. The Morgan fingerprint density at radius 2 is 1.95 bits per heavy atom. The van der Waals surface area contributed by atoms with Crippen LogP contribution in [0.1, 0.15) is 35.7 Å². The lowest BCUT2D eigenvalue weighted by atomic mass is 10.1. The predicted molar refractivity (Wildman–Crippen MR) is 85.8 cm³/mol. The quantitative estimate of drug-likeness (QED) is 0.923. The van der Waals surface area contributed by atoms with E-state index in [-0.39, 0.29) is 5.91 Å². The van der Waals surface area contributed by atoms with E-state index in [1.165, 1.54) is 12.8 Å². The minimum Gasteiger partial charge on any atom is -0.385 e. The van der Waals surface area contributed by atoms with Crippen molar-refractivity contribution >= 4 is 11.6 Å². The van der Waals surface area contributed by atoms with Gasteiger partial charge in [-0.15, -0.1) is 0 Å². The molecule has 0 unspecified atom stereocenters. The van der Waals surface area contributed by atoms with E-state index >= 15 is 0 Å². The molecular formula is C17H25N3O. The van der Waals surface area contributed by atoms with E-state index < -0.39 is 0 Å². The van der Waals surface area contributed by atoms with Crippen LogP contribution in [0.2, 0.25) is 0 Å². The van der Waals surface area contributed by atoms with Crippen molar-refractivity contribution in [1.29, 1.82) is 0 Å².